The first-order valence-corrected chi connectivity index (χ1v) is 8.82. The molecule has 0 bridgehead atoms. The smallest absolute Gasteiger partial charge is 0.231 e. The van der Waals surface area contributed by atoms with E-state index in [1.54, 1.807) is 7.11 Å². The van der Waals surface area contributed by atoms with Gasteiger partial charge in [-0.05, 0) is 42.7 Å². The summed E-state index contributed by atoms with van der Waals surface area (Å²) in [5.74, 6) is 3.28. The van der Waals surface area contributed by atoms with Crippen LogP contribution in [0.15, 0.2) is 47.5 Å². The Morgan fingerprint density at radius 2 is 1.93 bits per heavy atom. The molecule has 0 amide bonds. The van der Waals surface area contributed by atoms with Gasteiger partial charge in [0.1, 0.15) is 5.75 Å². The van der Waals surface area contributed by atoms with Gasteiger partial charge in [0, 0.05) is 13.1 Å². The van der Waals surface area contributed by atoms with Gasteiger partial charge in [0.05, 0.1) is 13.7 Å². The molecule has 2 N–H and O–H groups in total. The SMILES string of the molecule is CCNC(=NCc1ccc2c(c1)OCO2)NCCc1ccccc1OC.I. The number of hydrogen-bond acceptors (Lipinski definition) is 4. The van der Waals surface area contributed by atoms with Gasteiger partial charge < -0.3 is 24.8 Å². The molecule has 0 atom stereocenters. The lowest BCUT2D eigenvalue weighted by Crippen LogP contribution is -2.38. The molecular formula is C20H26IN3O3. The maximum Gasteiger partial charge on any atom is 0.231 e. The maximum atomic E-state index is 5.42. The molecule has 1 aliphatic heterocycles. The predicted molar refractivity (Wildman–Crippen MR) is 117 cm³/mol. The molecular weight excluding hydrogens is 457 g/mol. The van der Waals surface area contributed by atoms with Gasteiger partial charge in [-0.15, -0.1) is 24.0 Å². The number of guanidine groups is 1. The molecule has 0 aliphatic carbocycles. The normalized spacial score (nSPS) is 12.3. The van der Waals surface area contributed by atoms with Crippen molar-refractivity contribution in [3.05, 3.63) is 53.6 Å². The number of aliphatic imine (C=N–C) groups is 1. The number of rotatable bonds is 7. The van der Waals surface area contributed by atoms with Crippen LogP contribution >= 0.6 is 24.0 Å². The van der Waals surface area contributed by atoms with Gasteiger partial charge in [-0.2, -0.15) is 0 Å². The molecule has 0 aromatic heterocycles. The van der Waals surface area contributed by atoms with E-state index in [1.165, 1.54) is 5.56 Å². The largest absolute Gasteiger partial charge is 0.496 e. The third-order valence-corrected chi connectivity index (χ3v) is 4.08. The predicted octanol–water partition coefficient (Wildman–Crippen LogP) is 3.34. The summed E-state index contributed by atoms with van der Waals surface area (Å²) in [6, 6.07) is 14.0. The molecule has 146 valence electrons. The highest BCUT2D eigenvalue weighted by Crippen LogP contribution is 2.32. The fourth-order valence-corrected chi connectivity index (χ4v) is 2.78. The van der Waals surface area contributed by atoms with Crippen molar-refractivity contribution in [1.29, 1.82) is 0 Å². The van der Waals surface area contributed by atoms with Crippen LogP contribution in [0.2, 0.25) is 0 Å². The van der Waals surface area contributed by atoms with Gasteiger partial charge in [0.2, 0.25) is 6.79 Å². The fourth-order valence-electron chi connectivity index (χ4n) is 2.78. The Morgan fingerprint density at radius 1 is 1.11 bits per heavy atom. The molecule has 27 heavy (non-hydrogen) atoms. The quantitative estimate of drug-likeness (QED) is 0.360. The van der Waals surface area contributed by atoms with Crippen LogP contribution in [0.5, 0.6) is 17.2 Å². The Morgan fingerprint density at radius 3 is 2.74 bits per heavy atom. The van der Waals surface area contributed by atoms with Gasteiger partial charge >= 0.3 is 0 Å². The highest BCUT2D eigenvalue weighted by atomic mass is 127. The standard InChI is InChI=1S/C20H25N3O3.HI/c1-3-21-20(22-11-10-16-6-4-5-7-17(16)24-2)23-13-15-8-9-18-19(12-15)26-14-25-18;/h4-9,12H,3,10-11,13-14H2,1-2H3,(H2,21,22,23);1H. The number of nitrogens with one attached hydrogen (secondary N) is 2. The molecule has 0 spiro atoms. The molecule has 0 saturated carbocycles. The number of nitrogens with zero attached hydrogens (tertiary/aromatic N) is 1. The molecule has 0 saturated heterocycles. The first-order chi connectivity index (χ1) is 12.8. The van der Waals surface area contributed by atoms with Crippen LogP contribution in [0.3, 0.4) is 0 Å². The minimum atomic E-state index is 0. The highest BCUT2D eigenvalue weighted by molar-refractivity contribution is 14.0. The van der Waals surface area contributed by atoms with E-state index < -0.39 is 0 Å². The molecule has 3 rings (SSSR count). The average Bonchev–Trinajstić information content (AvgIpc) is 3.14. The summed E-state index contributed by atoms with van der Waals surface area (Å²) >= 11 is 0. The Balaban J connectivity index is 0.00000261. The van der Waals surface area contributed by atoms with Crippen molar-refractivity contribution in [2.24, 2.45) is 4.99 Å². The van der Waals surface area contributed by atoms with Crippen molar-refractivity contribution in [1.82, 2.24) is 10.6 Å². The lowest BCUT2D eigenvalue weighted by Gasteiger charge is -2.13. The van der Waals surface area contributed by atoms with Crippen LogP contribution < -0.4 is 24.8 Å². The van der Waals surface area contributed by atoms with E-state index in [0.717, 1.165) is 48.3 Å². The second-order valence-corrected chi connectivity index (χ2v) is 5.87. The fraction of sp³-hybridized carbons (Fsp3) is 0.350. The van der Waals surface area contributed by atoms with Crippen molar-refractivity contribution in [3.63, 3.8) is 0 Å². The average molecular weight is 483 g/mol. The Labute approximate surface area is 177 Å². The monoisotopic (exact) mass is 483 g/mol. The van der Waals surface area contributed by atoms with E-state index in [0.29, 0.717) is 6.54 Å². The number of ether oxygens (including phenoxy) is 3. The summed E-state index contributed by atoms with van der Waals surface area (Å²) < 4.78 is 16.2. The van der Waals surface area contributed by atoms with Gasteiger partial charge in [0.15, 0.2) is 17.5 Å². The second-order valence-electron chi connectivity index (χ2n) is 5.87. The van der Waals surface area contributed by atoms with E-state index in [4.69, 9.17) is 14.2 Å². The minimum Gasteiger partial charge on any atom is -0.496 e. The van der Waals surface area contributed by atoms with Crippen LogP contribution in [-0.4, -0.2) is 33.0 Å². The molecule has 0 fully saturated rings. The summed E-state index contributed by atoms with van der Waals surface area (Å²) in [7, 11) is 1.70. The van der Waals surface area contributed by atoms with Crippen molar-refractivity contribution in [2.45, 2.75) is 19.9 Å². The van der Waals surface area contributed by atoms with Crippen molar-refractivity contribution in [2.75, 3.05) is 27.0 Å². The van der Waals surface area contributed by atoms with Gasteiger partial charge in [-0.3, -0.25) is 0 Å². The Kier molecular flexibility index (Phi) is 8.50. The van der Waals surface area contributed by atoms with Crippen LogP contribution in [0, 0.1) is 0 Å². The first-order valence-electron chi connectivity index (χ1n) is 8.82. The number of methoxy groups -OCH3 is 1. The van der Waals surface area contributed by atoms with E-state index in [9.17, 15) is 0 Å². The molecule has 0 radical (unpaired) electrons. The van der Waals surface area contributed by atoms with E-state index >= 15 is 0 Å². The summed E-state index contributed by atoms with van der Waals surface area (Å²) in [6.07, 6.45) is 0.860. The molecule has 2 aromatic carbocycles. The Bertz CT molecular complexity index is 768. The summed E-state index contributed by atoms with van der Waals surface area (Å²) in [5, 5.41) is 6.64. The summed E-state index contributed by atoms with van der Waals surface area (Å²) in [5.41, 5.74) is 2.25. The van der Waals surface area contributed by atoms with Crippen LogP contribution in [-0.2, 0) is 13.0 Å². The van der Waals surface area contributed by atoms with E-state index in [1.807, 2.05) is 36.4 Å². The molecule has 7 heteroatoms. The number of benzene rings is 2. The zero-order chi connectivity index (χ0) is 18.2. The second kappa shape index (κ2) is 10.9. The Hall–Kier alpha value is -2.16. The first kappa shape index (κ1) is 21.1. The van der Waals surface area contributed by atoms with E-state index in [-0.39, 0.29) is 30.8 Å². The van der Waals surface area contributed by atoms with Gasteiger partial charge in [-0.1, -0.05) is 24.3 Å². The summed E-state index contributed by atoms with van der Waals surface area (Å²) in [6.45, 7) is 4.49. The number of fused-ring (bicyclic) bond motifs is 1. The topological polar surface area (TPSA) is 64.1 Å². The third-order valence-electron chi connectivity index (χ3n) is 4.08. The number of hydrogen-bond donors (Lipinski definition) is 2. The van der Waals surface area contributed by atoms with Crippen molar-refractivity contribution < 1.29 is 14.2 Å². The minimum absolute atomic E-state index is 0. The van der Waals surface area contributed by atoms with Gasteiger partial charge in [-0.25, -0.2) is 4.99 Å². The molecule has 2 aromatic rings. The van der Waals surface area contributed by atoms with Crippen LogP contribution in [0.4, 0.5) is 0 Å². The highest BCUT2D eigenvalue weighted by Gasteiger charge is 2.13. The summed E-state index contributed by atoms with van der Waals surface area (Å²) in [4.78, 5) is 4.65. The van der Waals surface area contributed by atoms with E-state index in [2.05, 4.69) is 28.6 Å². The van der Waals surface area contributed by atoms with Crippen LogP contribution in [0.25, 0.3) is 0 Å². The molecule has 0 unspecified atom stereocenters. The maximum absolute atomic E-state index is 5.42. The van der Waals surface area contributed by atoms with Crippen molar-refractivity contribution >= 4 is 29.9 Å². The third kappa shape index (κ3) is 5.92. The lowest BCUT2D eigenvalue weighted by molar-refractivity contribution is 0.174. The van der Waals surface area contributed by atoms with Crippen molar-refractivity contribution in [3.8, 4) is 17.2 Å². The zero-order valence-corrected chi connectivity index (χ0v) is 18.0. The molecule has 1 heterocycles. The number of halogens is 1. The molecule has 6 nitrogen and oxygen atoms in total. The van der Waals surface area contributed by atoms with Gasteiger partial charge in [0.25, 0.3) is 0 Å². The molecule has 1 aliphatic rings. The lowest BCUT2D eigenvalue weighted by atomic mass is 10.1. The zero-order valence-electron chi connectivity index (χ0n) is 15.7. The van der Waals surface area contributed by atoms with Crippen LogP contribution in [0.1, 0.15) is 18.1 Å². The number of para-hydroxylation sites is 1.